The van der Waals surface area contributed by atoms with Gasteiger partial charge in [0.25, 0.3) is 0 Å². The first kappa shape index (κ1) is 17.6. The number of sulfonamides is 1. The quantitative estimate of drug-likeness (QED) is 0.866. The van der Waals surface area contributed by atoms with Crippen molar-refractivity contribution >= 4 is 15.9 Å². The molecule has 2 aromatic rings. The molecule has 1 fully saturated rings. The van der Waals surface area contributed by atoms with Gasteiger partial charge < -0.3 is 9.84 Å². The fourth-order valence-electron chi connectivity index (χ4n) is 2.82. The number of amides is 1. The number of nitrogens with one attached hydrogen (secondary N) is 1. The lowest BCUT2D eigenvalue weighted by Gasteiger charge is -2.23. The van der Waals surface area contributed by atoms with E-state index in [-0.39, 0.29) is 18.0 Å². The van der Waals surface area contributed by atoms with Crippen molar-refractivity contribution in [2.75, 3.05) is 6.54 Å². The SMILES string of the molecule is Cc1cc(CNC(=O)C2CCCN2S(=O)(=O)c2ccc(F)cc2)on1. The van der Waals surface area contributed by atoms with E-state index in [4.69, 9.17) is 4.52 Å². The zero-order valence-corrected chi connectivity index (χ0v) is 14.4. The maximum absolute atomic E-state index is 13.0. The maximum atomic E-state index is 13.0. The Labute approximate surface area is 144 Å². The predicted octanol–water partition coefficient (Wildman–Crippen LogP) is 1.59. The van der Waals surface area contributed by atoms with E-state index >= 15 is 0 Å². The van der Waals surface area contributed by atoms with E-state index in [1.54, 1.807) is 13.0 Å². The highest BCUT2D eigenvalue weighted by Gasteiger charge is 2.39. The van der Waals surface area contributed by atoms with Crippen LogP contribution in [0.1, 0.15) is 24.3 Å². The van der Waals surface area contributed by atoms with E-state index in [0.29, 0.717) is 24.3 Å². The Hall–Kier alpha value is -2.26. The van der Waals surface area contributed by atoms with Crippen LogP contribution in [0, 0.1) is 12.7 Å². The lowest BCUT2D eigenvalue weighted by Crippen LogP contribution is -2.45. The Morgan fingerprint density at radius 2 is 2.12 bits per heavy atom. The van der Waals surface area contributed by atoms with Crippen LogP contribution in [0.3, 0.4) is 0 Å². The zero-order chi connectivity index (χ0) is 18.0. The van der Waals surface area contributed by atoms with Crippen LogP contribution in [0.4, 0.5) is 4.39 Å². The molecule has 0 saturated carbocycles. The van der Waals surface area contributed by atoms with Crippen molar-refractivity contribution in [1.82, 2.24) is 14.8 Å². The van der Waals surface area contributed by atoms with Crippen molar-refractivity contribution in [2.45, 2.75) is 37.2 Å². The van der Waals surface area contributed by atoms with Crippen molar-refractivity contribution in [3.8, 4) is 0 Å². The normalized spacial score (nSPS) is 18.4. The van der Waals surface area contributed by atoms with Gasteiger partial charge in [0, 0.05) is 12.6 Å². The van der Waals surface area contributed by atoms with Gasteiger partial charge in [0.1, 0.15) is 11.9 Å². The van der Waals surface area contributed by atoms with Gasteiger partial charge in [-0.15, -0.1) is 0 Å². The maximum Gasteiger partial charge on any atom is 0.243 e. The van der Waals surface area contributed by atoms with E-state index < -0.39 is 27.8 Å². The number of carbonyl (C=O) groups excluding carboxylic acids is 1. The molecule has 0 bridgehead atoms. The van der Waals surface area contributed by atoms with Gasteiger partial charge in [-0.25, -0.2) is 12.8 Å². The van der Waals surface area contributed by atoms with Crippen molar-refractivity contribution < 1.29 is 22.1 Å². The molecule has 1 unspecified atom stereocenters. The first-order chi connectivity index (χ1) is 11.9. The molecule has 134 valence electrons. The topological polar surface area (TPSA) is 92.5 Å². The molecule has 1 aliphatic rings. The summed E-state index contributed by atoms with van der Waals surface area (Å²) in [4.78, 5) is 12.4. The molecular weight excluding hydrogens is 349 g/mol. The Balaban J connectivity index is 1.72. The summed E-state index contributed by atoms with van der Waals surface area (Å²) in [6, 6.07) is 5.49. The monoisotopic (exact) mass is 367 g/mol. The third-order valence-corrected chi connectivity index (χ3v) is 5.96. The van der Waals surface area contributed by atoms with E-state index in [1.807, 2.05) is 0 Å². The van der Waals surface area contributed by atoms with Crippen LogP contribution in [0.15, 0.2) is 39.8 Å². The molecule has 7 nitrogen and oxygen atoms in total. The summed E-state index contributed by atoms with van der Waals surface area (Å²) in [5.74, 6) is -0.411. The van der Waals surface area contributed by atoms with Gasteiger partial charge in [-0.3, -0.25) is 4.79 Å². The minimum atomic E-state index is -3.86. The first-order valence-electron chi connectivity index (χ1n) is 7.85. The van der Waals surface area contributed by atoms with Crippen LogP contribution in [0.25, 0.3) is 0 Å². The lowest BCUT2D eigenvalue weighted by atomic mass is 10.2. The lowest BCUT2D eigenvalue weighted by molar-refractivity contribution is -0.124. The molecule has 1 N–H and O–H groups in total. The number of halogens is 1. The number of nitrogens with zero attached hydrogens (tertiary/aromatic N) is 2. The second-order valence-electron chi connectivity index (χ2n) is 5.88. The molecular formula is C16H18FN3O4S. The summed E-state index contributed by atoms with van der Waals surface area (Å²) < 4.78 is 44.7. The molecule has 0 radical (unpaired) electrons. The number of aryl methyl sites for hydroxylation is 1. The summed E-state index contributed by atoms with van der Waals surface area (Å²) >= 11 is 0. The van der Waals surface area contributed by atoms with Crippen molar-refractivity contribution in [2.24, 2.45) is 0 Å². The molecule has 1 aromatic carbocycles. The van der Waals surface area contributed by atoms with Gasteiger partial charge in [-0.1, -0.05) is 5.16 Å². The van der Waals surface area contributed by atoms with Gasteiger partial charge in [-0.05, 0) is 44.0 Å². The molecule has 1 aliphatic heterocycles. The number of hydrogen-bond donors (Lipinski definition) is 1. The number of hydrogen-bond acceptors (Lipinski definition) is 5. The highest BCUT2D eigenvalue weighted by atomic mass is 32.2. The van der Waals surface area contributed by atoms with Gasteiger partial charge in [-0.2, -0.15) is 4.31 Å². The van der Waals surface area contributed by atoms with E-state index in [9.17, 15) is 17.6 Å². The molecule has 1 aromatic heterocycles. The van der Waals surface area contributed by atoms with Crippen LogP contribution >= 0.6 is 0 Å². The summed E-state index contributed by atoms with van der Waals surface area (Å²) in [5.41, 5.74) is 0.700. The molecule has 2 heterocycles. The van der Waals surface area contributed by atoms with E-state index in [2.05, 4.69) is 10.5 Å². The molecule has 0 spiro atoms. The van der Waals surface area contributed by atoms with Crippen molar-refractivity contribution in [3.63, 3.8) is 0 Å². The third kappa shape index (κ3) is 3.72. The summed E-state index contributed by atoms with van der Waals surface area (Å²) in [6.45, 7) is 2.16. The minimum absolute atomic E-state index is 0.0283. The fraction of sp³-hybridized carbons (Fsp3) is 0.375. The van der Waals surface area contributed by atoms with Crippen LogP contribution < -0.4 is 5.32 Å². The average molecular weight is 367 g/mol. The third-order valence-electron chi connectivity index (χ3n) is 4.04. The fourth-order valence-corrected chi connectivity index (χ4v) is 4.48. The standard InChI is InChI=1S/C16H18FN3O4S/c1-11-9-13(24-19-11)10-18-16(21)15-3-2-8-20(15)25(22,23)14-6-4-12(17)5-7-14/h4-7,9,15H,2-3,8,10H2,1H3,(H,18,21). The Morgan fingerprint density at radius 1 is 1.40 bits per heavy atom. The Kier molecular flexibility index (Phi) is 4.87. The van der Waals surface area contributed by atoms with Gasteiger partial charge in [0.2, 0.25) is 15.9 Å². The van der Waals surface area contributed by atoms with E-state index in [1.165, 1.54) is 16.4 Å². The molecule has 3 rings (SSSR count). The summed E-state index contributed by atoms with van der Waals surface area (Å²) in [7, 11) is -3.86. The zero-order valence-electron chi connectivity index (χ0n) is 13.6. The first-order valence-corrected chi connectivity index (χ1v) is 9.29. The average Bonchev–Trinajstić information content (AvgIpc) is 3.22. The highest BCUT2D eigenvalue weighted by Crippen LogP contribution is 2.26. The highest BCUT2D eigenvalue weighted by molar-refractivity contribution is 7.89. The summed E-state index contributed by atoms with van der Waals surface area (Å²) in [5, 5.41) is 6.41. The second-order valence-corrected chi connectivity index (χ2v) is 7.77. The Morgan fingerprint density at radius 3 is 2.76 bits per heavy atom. The van der Waals surface area contributed by atoms with Crippen LogP contribution in [0.5, 0.6) is 0 Å². The van der Waals surface area contributed by atoms with Crippen molar-refractivity contribution in [1.29, 1.82) is 0 Å². The van der Waals surface area contributed by atoms with Crippen LogP contribution in [0.2, 0.25) is 0 Å². The van der Waals surface area contributed by atoms with Gasteiger partial charge in [0.05, 0.1) is 17.1 Å². The molecule has 1 atom stereocenters. The molecule has 0 aliphatic carbocycles. The summed E-state index contributed by atoms with van der Waals surface area (Å²) in [6.07, 6.45) is 1.02. The molecule has 25 heavy (non-hydrogen) atoms. The number of aromatic nitrogens is 1. The minimum Gasteiger partial charge on any atom is -0.359 e. The van der Waals surface area contributed by atoms with Gasteiger partial charge >= 0.3 is 0 Å². The number of carbonyl (C=O) groups is 1. The number of benzene rings is 1. The molecule has 1 saturated heterocycles. The van der Waals surface area contributed by atoms with Crippen LogP contribution in [-0.4, -0.2) is 36.4 Å². The molecule has 9 heteroatoms. The smallest absolute Gasteiger partial charge is 0.243 e. The number of rotatable bonds is 5. The predicted molar refractivity (Wildman–Crippen MR) is 86.4 cm³/mol. The van der Waals surface area contributed by atoms with Crippen LogP contribution in [-0.2, 0) is 21.4 Å². The van der Waals surface area contributed by atoms with Crippen molar-refractivity contribution in [3.05, 3.63) is 47.6 Å². The van der Waals surface area contributed by atoms with Gasteiger partial charge in [0.15, 0.2) is 5.76 Å². The molecule has 1 amide bonds. The largest absolute Gasteiger partial charge is 0.359 e. The van der Waals surface area contributed by atoms with E-state index in [0.717, 1.165) is 12.1 Å². The Bertz CT molecular complexity index is 864. The second kappa shape index (κ2) is 6.93.